The molecule has 0 bridgehead atoms. The SMILES string of the molecule is CCCN(C1CCc2ccc(Br)cc2C1)C(C1CCNCC1)S(C)(=O)=O. The molecule has 1 saturated heterocycles. The van der Waals surface area contributed by atoms with E-state index in [2.05, 4.69) is 51.3 Å². The fourth-order valence-electron chi connectivity index (χ4n) is 4.76. The van der Waals surface area contributed by atoms with Crippen molar-refractivity contribution in [2.24, 2.45) is 5.92 Å². The maximum atomic E-state index is 12.8. The molecule has 1 N–H and O–H groups in total. The van der Waals surface area contributed by atoms with E-state index in [0.717, 1.165) is 62.6 Å². The van der Waals surface area contributed by atoms with Gasteiger partial charge in [0.05, 0.1) is 0 Å². The van der Waals surface area contributed by atoms with E-state index in [-0.39, 0.29) is 11.3 Å². The Labute approximate surface area is 166 Å². The number of halogens is 1. The maximum Gasteiger partial charge on any atom is 0.163 e. The van der Waals surface area contributed by atoms with Crippen LogP contribution in [0.4, 0.5) is 0 Å². The van der Waals surface area contributed by atoms with Crippen molar-refractivity contribution in [1.29, 1.82) is 0 Å². The van der Waals surface area contributed by atoms with Crippen molar-refractivity contribution in [3.8, 4) is 0 Å². The minimum atomic E-state index is -3.13. The number of hydrogen-bond acceptors (Lipinski definition) is 4. The minimum absolute atomic E-state index is 0.238. The van der Waals surface area contributed by atoms with Gasteiger partial charge >= 0.3 is 0 Å². The Morgan fingerprint density at radius 1 is 1.23 bits per heavy atom. The van der Waals surface area contributed by atoms with Crippen molar-refractivity contribution in [1.82, 2.24) is 10.2 Å². The van der Waals surface area contributed by atoms with Crippen LogP contribution < -0.4 is 5.32 Å². The Kier molecular flexibility index (Phi) is 6.81. The van der Waals surface area contributed by atoms with Crippen molar-refractivity contribution >= 4 is 25.8 Å². The van der Waals surface area contributed by atoms with E-state index in [1.54, 1.807) is 0 Å². The normalized spacial score (nSPS) is 23.0. The minimum Gasteiger partial charge on any atom is -0.317 e. The number of nitrogens with one attached hydrogen (secondary N) is 1. The molecule has 26 heavy (non-hydrogen) atoms. The smallest absolute Gasteiger partial charge is 0.163 e. The summed E-state index contributed by atoms with van der Waals surface area (Å²) in [5.41, 5.74) is 2.79. The van der Waals surface area contributed by atoms with Gasteiger partial charge in [-0.05, 0) is 87.3 Å². The van der Waals surface area contributed by atoms with Crippen molar-refractivity contribution in [3.05, 3.63) is 33.8 Å². The van der Waals surface area contributed by atoms with Crippen LogP contribution in [0.25, 0.3) is 0 Å². The van der Waals surface area contributed by atoms with Crippen molar-refractivity contribution in [2.45, 2.75) is 56.9 Å². The summed E-state index contributed by atoms with van der Waals surface area (Å²) in [5.74, 6) is 0.238. The average Bonchev–Trinajstić information content (AvgIpc) is 2.60. The van der Waals surface area contributed by atoms with E-state index < -0.39 is 9.84 Å². The summed E-state index contributed by atoms with van der Waals surface area (Å²) in [7, 11) is -3.13. The number of benzene rings is 1. The van der Waals surface area contributed by atoms with Gasteiger partial charge in [0.2, 0.25) is 0 Å². The highest BCUT2D eigenvalue weighted by atomic mass is 79.9. The van der Waals surface area contributed by atoms with Gasteiger partial charge in [0.25, 0.3) is 0 Å². The largest absolute Gasteiger partial charge is 0.317 e. The first-order valence-electron chi connectivity index (χ1n) is 9.82. The monoisotopic (exact) mass is 442 g/mol. The van der Waals surface area contributed by atoms with Gasteiger partial charge in [-0.25, -0.2) is 8.42 Å². The van der Waals surface area contributed by atoms with Gasteiger partial charge in [0.15, 0.2) is 9.84 Å². The quantitative estimate of drug-likeness (QED) is 0.733. The molecule has 0 saturated carbocycles. The van der Waals surface area contributed by atoms with Gasteiger partial charge in [-0.1, -0.05) is 28.9 Å². The molecule has 1 fully saturated rings. The number of rotatable bonds is 6. The van der Waals surface area contributed by atoms with E-state index >= 15 is 0 Å². The predicted octanol–water partition coefficient (Wildman–Crippen LogP) is 3.39. The van der Waals surface area contributed by atoms with Gasteiger partial charge < -0.3 is 5.32 Å². The zero-order valence-corrected chi connectivity index (χ0v) is 18.3. The van der Waals surface area contributed by atoms with Crippen molar-refractivity contribution in [2.75, 3.05) is 25.9 Å². The van der Waals surface area contributed by atoms with Crippen LogP contribution in [0.2, 0.25) is 0 Å². The zero-order chi connectivity index (χ0) is 18.7. The predicted molar refractivity (Wildman–Crippen MR) is 111 cm³/mol. The van der Waals surface area contributed by atoms with Crippen LogP contribution in [-0.2, 0) is 22.7 Å². The van der Waals surface area contributed by atoms with E-state index in [4.69, 9.17) is 0 Å². The average molecular weight is 443 g/mol. The van der Waals surface area contributed by atoms with E-state index in [1.165, 1.54) is 17.4 Å². The molecule has 2 aliphatic rings. The third kappa shape index (κ3) is 4.70. The maximum absolute atomic E-state index is 12.8. The third-order valence-corrected chi connectivity index (χ3v) is 7.90. The number of sulfone groups is 1. The highest BCUT2D eigenvalue weighted by Gasteiger charge is 2.39. The molecule has 0 spiro atoms. The second kappa shape index (κ2) is 8.72. The highest BCUT2D eigenvalue weighted by molar-refractivity contribution is 9.10. The lowest BCUT2D eigenvalue weighted by atomic mass is 9.86. The van der Waals surface area contributed by atoms with E-state index in [0.29, 0.717) is 6.04 Å². The summed E-state index contributed by atoms with van der Waals surface area (Å²) in [5, 5.41) is 3.03. The second-order valence-corrected chi connectivity index (χ2v) is 10.9. The molecule has 1 aliphatic carbocycles. The van der Waals surface area contributed by atoms with Crippen LogP contribution in [0, 0.1) is 5.92 Å². The summed E-state index contributed by atoms with van der Waals surface area (Å²) in [6, 6.07) is 6.84. The van der Waals surface area contributed by atoms with Gasteiger partial charge in [-0.2, -0.15) is 0 Å². The van der Waals surface area contributed by atoms with Crippen LogP contribution in [0.5, 0.6) is 0 Å². The lowest BCUT2D eigenvalue weighted by Crippen LogP contribution is -2.54. The number of fused-ring (bicyclic) bond motifs is 1. The Bertz CT molecular complexity index is 717. The zero-order valence-electron chi connectivity index (χ0n) is 15.9. The number of hydrogen-bond donors (Lipinski definition) is 1. The van der Waals surface area contributed by atoms with E-state index in [9.17, 15) is 8.42 Å². The van der Waals surface area contributed by atoms with Crippen molar-refractivity contribution < 1.29 is 8.42 Å². The molecule has 0 aromatic heterocycles. The molecule has 3 rings (SSSR count). The van der Waals surface area contributed by atoms with Gasteiger partial charge in [0.1, 0.15) is 5.37 Å². The second-order valence-electron chi connectivity index (χ2n) is 7.86. The first-order valence-corrected chi connectivity index (χ1v) is 12.6. The molecular weight excluding hydrogens is 412 g/mol. The number of aryl methyl sites for hydroxylation is 1. The Balaban J connectivity index is 1.88. The lowest BCUT2D eigenvalue weighted by Gasteiger charge is -2.43. The molecule has 2 atom stereocenters. The first kappa shape index (κ1) is 20.3. The highest BCUT2D eigenvalue weighted by Crippen LogP contribution is 2.33. The summed E-state index contributed by atoms with van der Waals surface area (Å²) < 4.78 is 26.7. The van der Waals surface area contributed by atoms with Crippen molar-refractivity contribution in [3.63, 3.8) is 0 Å². The Hall–Kier alpha value is -0.430. The van der Waals surface area contributed by atoms with Gasteiger partial charge in [0, 0.05) is 16.8 Å². The first-order chi connectivity index (χ1) is 12.4. The fourth-order valence-corrected chi connectivity index (χ4v) is 6.91. The summed E-state index contributed by atoms with van der Waals surface area (Å²) >= 11 is 3.58. The molecule has 2 unspecified atom stereocenters. The lowest BCUT2D eigenvalue weighted by molar-refractivity contribution is 0.114. The molecule has 0 radical (unpaired) electrons. The van der Waals surface area contributed by atoms with Crippen LogP contribution >= 0.6 is 15.9 Å². The van der Waals surface area contributed by atoms with Gasteiger partial charge in [-0.3, -0.25) is 4.90 Å². The summed E-state index contributed by atoms with van der Waals surface area (Å²) in [4.78, 5) is 2.34. The van der Waals surface area contributed by atoms with Crippen LogP contribution in [0.3, 0.4) is 0 Å². The molecule has 1 aromatic rings. The van der Waals surface area contributed by atoms with Crippen LogP contribution in [-0.4, -0.2) is 50.6 Å². The topological polar surface area (TPSA) is 49.4 Å². The molecule has 1 heterocycles. The molecule has 146 valence electrons. The number of nitrogens with zero attached hydrogens (tertiary/aromatic N) is 1. The van der Waals surface area contributed by atoms with Crippen LogP contribution in [0.15, 0.2) is 22.7 Å². The molecule has 6 heteroatoms. The number of piperidine rings is 1. The van der Waals surface area contributed by atoms with Crippen LogP contribution in [0.1, 0.15) is 43.7 Å². The van der Waals surface area contributed by atoms with E-state index in [1.807, 2.05) is 0 Å². The molecule has 1 aliphatic heterocycles. The third-order valence-electron chi connectivity index (χ3n) is 5.87. The molecular formula is C20H31BrN2O2S. The molecule has 1 aromatic carbocycles. The molecule has 4 nitrogen and oxygen atoms in total. The Morgan fingerprint density at radius 3 is 2.62 bits per heavy atom. The summed E-state index contributed by atoms with van der Waals surface area (Å²) in [6.45, 7) is 4.87. The molecule has 0 amide bonds. The van der Waals surface area contributed by atoms with Gasteiger partial charge in [-0.15, -0.1) is 0 Å². The standard InChI is InChI=1S/C20H31BrN2O2S/c1-3-12-23(20(26(2,24)25)16-8-10-22-11-9-16)19-7-5-15-4-6-18(21)13-17(15)14-19/h4,6,13,16,19-20,22H,3,5,7-12,14H2,1-2H3. The summed E-state index contributed by atoms with van der Waals surface area (Å²) in [6.07, 6.45) is 7.36. The Morgan fingerprint density at radius 2 is 1.96 bits per heavy atom. The fraction of sp³-hybridized carbons (Fsp3) is 0.700.